The Balaban J connectivity index is 0.00000144. The van der Waals surface area contributed by atoms with Gasteiger partial charge in [0.1, 0.15) is 0 Å². The van der Waals surface area contributed by atoms with Crippen LogP contribution in [0.2, 0.25) is 0 Å². The molecular formula is C10H14O3. The molecule has 0 radical (unpaired) electrons. The van der Waals surface area contributed by atoms with Crippen molar-refractivity contribution in [1.82, 2.24) is 0 Å². The summed E-state index contributed by atoms with van der Waals surface area (Å²) in [4.78, 5) is 10.5. The Bertz CT molecular complexity index is 256. The summed E-state index contributed by atoms with van der Waals surface area (Å²) in [5.74, 6) is -1.04. The lowest BCUT2D eigenvalue weighted by Crippen LogP contribution is -2.11. The number of rotatable bonds is 3. The van der Waals surface area contributed by atoms with E-state index < -0.39 is 5.97 Å². The average molecular weight is 182 g/mol. The van der Waals surface area contributed by atoms with Crippen LogP contribution in [0.25, 0.3) is 0 Å². The summed E-state index contributed by atoms with van der Waals surface area (Å²) in [5.41, 5.74) is 1.08. The Morgan fingerprint density at radius 1 is 1.38 bits per heavy atom. The van der Waals surface area contributed by atoms with Gasteiger partial charge >= 0.3 is 5.97 Å². The number of aliphatic carboxylic acids is 1. The first-order valence-electron chi connectivity index (χ1n) is 3.97. The zero-order valence-corrected chi connectivity index (χ0v) is 7.53. The molecule has 1 aromatic rings. The first-order valence-corrected chi connectivity index (χ1v) is 3.97. The van der Waals surface area contributed by atoms with Gasteiger partial charge in [-0.1, -0.05) is 37.3 Å². The van der Waals surface area contributed by atoms with Gasteiger partial charge in [0.15, 0.2) is 0 Å². The van der Waals surface area contributed by atoms with E-state index in [1.807, 2.05) is 30.3 Å². The van der Waals surface area contributed by atoms with E-state index in [1.54, 1.807) is 6.92 Å². The van der Waals surface area contributed by atoms with E-state index in [4.69, 9.17) is 5.11 Å². The summed E-state index contributed by atoms with van der Waals surface area (Å²) in [6.07, 6.45) is 0.607. The van der Waals surface area contributed by atoms with E-state index in [2.05, 4.69) is 0 Å². The number of benzene rings is 1. The Morgan fingerprint density at radius 2 is 1.92 bits per heavy atom. The number of hydrogen-bond acceptors (Lipinski definition) is 1. The molecular weight excluding hydrogens is 168 g/mol. The number of carboxylic acids is 1. The third kappa shape index (κ3) is 3.71. The molecule has 0 aliphatic carbocycles. The molecule has 1 rings (SSSR count). The van der Waals surface area contributed by atoms with Crippen LogP contribution in [0.3, 0.4) is 0 Å². The van der Waals surface area contributed by atoms with Gasteiger partial charge in [0, 0.05) is 0 Å². The fourth-order valence-electron chi connectivity index (χ4n) is 1.05. The molecule has 0 spiro atoms. The Hall–Kier alpha value is -1.35. The molecule has 0 aliphatic rings. The molecule has 1 atom stereocenters. The summed E-state index contributed by atoms with van der Waals surface area (Å²) < 4.78 is 0. The third-order valence-electron chi connectivity index (χ3n) is 1.81. The maximum Gasteiger partial charge on any atom is 0.306 e. The van der Waals surface area contributed by atoms with Crippen LogP contribution in [0.5, 0.6) is 0 Å². The van der Waals surface area contributed by atoms with E-state index in [1.165, 1.54) is 0 Å². The van der Waals surface area contributed by atoms with Crippen LogP contribution >= 0.6 is 0 Å². The van der Waals surface area contributed by atoms with Crippen molar-refractivity contribution in [2.45, 2.75) is 13.3 Å². The monoisotopic (exact) mass is 182 g/mol. The zero-order chi connectivity index (χ0) is 8.97. The van der Waals surface area contributed by atoms with E-state index in [9.17, 15) is 4.79 Å². The molecule has 0 saturated carbocycles. The first kappa shape index (κ1) is 11.6. The van der Waals surface area contributed by atoms with Gasteiger partial charge in [-0.15, -0.1) is 0 Å². The average Bonchev–Trinajstić information content (AvgIpc) is 2.06. The Labute approximate surface area is 77.3 Å². The van der Waals surface area contributed by atoms with Crippen LogP contribution in [0, 0.1) is 5.92 Å². The van der Waals surface area contributed by atoms with Gasteiger partial charge in [-0.2, -0.15) is 0 Å². The van der Waals surface area contributed by atoms with Crippen LogP contribution in [-0.2, 0) is 11.2 Å². The minimum absolute atomic E-state index is 0. The van der Waals surface area contributed by atoms with Crippen molar-refractivity contribution in [3.05, 3.63) is 35.9 Å². The maximum absolute atomic E-state index is 10.5. The SMILES string of the molecule is CC(Cc1ccccc1)C(=O)O.O. The van der Waals surface area contributed by atoms with Crippen molar-refractivity contribution in [1.29, 1.82) is 0 Å². The molecule has 1 aromatic carbocycles. The van der Waals surface area contributed by atoms with Gasteiger partial charge in [-0.25, -0.2) is 0 Å². The molecule has 0 aliphatic heterocycles. The molecule has 0 saturated heterocycles. The lowest BCUT2D eigenvalue weighted by atomic mass is 10.0. The summed E-state index contributed by atoms with van der Waals surface area (Å²) in [6.45, 7) is 1.72. The molecule has 3 heteroatoms. The number of carboxylic acid groups (broad SMARTS) is 1. The third-order valence-corrected chi connectivity index (χ3v) is 1.81. The van der Waals surface area contributed by atoms with Gasteiger partial charge in [0.25, 0.3) is 0 Å². The molecule has 0 amide bonds. The highest BCUT2D eigenvalue weighted by Gasteiger charge is 2.10. The summed E-state index contributed by atoms with van der Waals surface area (Å²) in [5, 5.41) is 8.64. The van der Waals surface area contributed by atoms with Crippen molar-refractivity contribution in [3.8, 4) is 0 Å². The molecule has 0 heterocycles. The van der Waals surface area contributed by atoms with E-state index in [0.717, 1.165) is 5.56 Å². The van der Waals surface area contributed by atoms with Gasteiger partial charge in [-0.05, 0) is 12.0 Å². The van der Waals surface area contributed by atoms with Crippen molar-refractivity contribution >= 4 is 5.97 Å². The van der Waals surface area contributed by atoms with Crippen LogP contribution in [0.4, 0.5) is 0 Å². The highest BCUT2D eigenvalue weighted by molar-refractivity contribution is 5.69. The molecule has 0 fully saturated rings. The number of carbonyl (C=O) groups is 1. The van der Waals surface area contributed by atoms with Crippen LogP contribution < -0.4 is 0 Å². The largest absolute Gasteiger partial charge is 0.481 e. The molecule has 3 nitrogen and oxygen atoms in total. The van der Waals surface area contributed by atoms with Gasteiger partial charge in [-0.3, -0.25) is 4.79 Å². The predicted octanol–water partition coefficient (Wildman–Crippen LogP) is 1.13. The second kappa shape index (κ2) is 5.32. The standard InChI is InChI=1S/C10H12O2.H2O/c1-8(10(11)12)7-9-5-3-2-4-6-9;/h2-6,8H,7H2,1H3,(H,11,12);1H2. The van der Waals surface area contributed by atoms with Gasteiger partial charge in [0.2, 0.25) is 0 Å². The molecule has 1 unspecified atom stereocenters. The highest BCUT2D eigenvalue weighted by Crippen LogP contribution is 2.07. The van der Waals surface area contributed by atoms with Gasteiger partial charge in [0.05, 0.1) is 5.92 Å². The molecule has 13 heavy (non-hydrogen) atoms. The second-order valence-corrected chi connectivity index (χ2v) is 2.93. The van der Waals surface area contributed by atoms with Crippen molar-refractivity contribution in [2.75, 3.05) is 0 Å². The lowest BCUT2D eigenvalue weighted by Gasteiger charge is -2.04. The smallest absolute Gasteiger partial charge is 0.306 e. The van der Waals surface area contributed by atoms with Crippen LogP contribution in [0.1, 0.15) is 12.5 Å². The van der Waals surface area contributed by atoms with Gasteiger partial charge < -0.3 is 10.6 Å². The lowest BCUT2D eigenvalue weighted by molar-refractivity contribution is -0.141. The predicted molar refractivity (Wildman–Crippen MR) is 50.6 cm³/mol. The van der Waals surface area contributed by atoms with Crippen molar-refractivity contribution in [2.24, 2.45) is 5.92 Å². The van der Waals surface area contributed by atoms with Crippen molar-refractivity contribution in [3.63, 3.8) is 0 Å². The summed E-state index contributed by atoms with van der Waals surface area (Å²) >= 11 is 0. The fourth-order valence-corrected chi connectivity index (χ4v) is 1.05. The molecule has 0 aromatic heterocycles. The molecule has 72 valence electrons. The number of hydrogen-bond donors (Lipinski definition) is 1. The summed E-state index contributed by atoms with van der Waals surface area (Å²) in [6, 6.07) is 9.65. The minimum atomic E-state index is -0.737. The summed E-state index contributed by atoms with van der Waals surface area (Å²) in [7, 11) is 0. The quantitative estimate of drug-likeness (QED) is 0.761. The topological polar surface area (TPSA) is 68.8 Å². The minimum Gasteiger partial charge on any atom is -0.481 e. The van der Waals surface area contributed by atoms with Crippen LogP contribution in [-0.4, -0.2) is 16.6 Å². The maximum atomic E-state index is 10.5. The molecule has 0 bridgehead atoms. The molecule has 3 N–H and O–H groups in total. The first-order chi connectivity index (χ1) is 5.70. The zero-order valence-electron chi connectivity index (χ0n) is 7.53. The Morgan fingerprint density at radius 3 is 2.38 bits per heavy atom. The van der Waals surface area contributed by atoms with E-state index >= 15 is 0 Å². The van der Waals surface area contributed by atoms with Crippen molar-refractivity contribution < 1.29 is 15.4 Å². The van der Waals surface area contributed by atoms with Crippen LogP contribution in [0.15, 0.2) is 30.3 Å². The normalized spacial score (nSPS) is 11.5. The van der Waals surface area contributed by atoms with E-state index in [0.29, 0.717) is 6.42 Å². The second-order valence-electron chi connectivity index (χ2n) is 2.93. The highest BCUT2D eigenvalue weighted by atomic mass is 16.4. The Kier molecular flexibility index (Phi) is 4.77. The van der Waals surface area contributed by atoms with E-state index in [-0.39, 0.29) is 11.4 Å². The fraction of sp³-hybridized carbons (Fsp3) is 0.300.